The molecule has 2 aliphatic rings. The Morgan fingerprint density at radius 1 is 1.50 bits per heavy atom. The predicted molar refractivity (Wildman–Crippen MR) is 70.9 cm³/mol. The van der Waals surface area contributed by atoms with Gasteiger partial charge in [0.1, 0.15) is 5.60 Å². The number of hydrogen-bond acceptors (Lipinski definition) is 3. The van der Waals surface area contributed by atoms with E-state index in [9.17, 15) is 14.3 Å². The quantitative estimate of drug-likeness (QED) is 0.905. The number of nitrogens with zero attached hydrogens (tertiary/aromatic N) is 1. The highest BCUT2D eigenvalue weighted by atomic mass is 19.1. The van der Waals surface area contributed by atoms with Gasteiger partial charge in [0.15, 0.2) is 11.6 Å². The minimum atomic E-state index is -0.666. The second-order valence-electron chi connectivity index (χ2n) is 5.77. The lowest BCUT2D eigenvalue weighted by Gasteiger charge is -2.47. The fourth-order valence-electron chi connectivity index (χ4n) is 2.78. The Morgan fingerprint density at radius 2 is 2.20 bits per heavy atom. The van der Waals surface area contributed by atoms with Gasteiger partial charge >= 0.3 is 0 Å². The minimum absolute atomic E-state index is 0.0695. The van der Waals surface area contributed by atoms with Gasteiger partial charge in [0.25, 0.3) is 0 Å². The van der Waals surface area contributed by atoms with E-state index in [0.717, 1.165) is 12.8 Å². The van der Waals surface area contributed by atoms with Crippen LogP contribution in [-0.2, 0) is 11.2 Å². The number of carbonyl (C=O) groups excluding carboxylic acids is 1. The number of ether oxygens (including phenoxy) is 1. The van der Waals surface area contributed by atoms with Gasteiger partial charge in [-0.2, -0.15) is 0 Å². The first kappa shape index (κ1) is 13.4. The normalized spacial score (nSPS) is 20.4. The third kappa shape index (κ3) is 2.38. The lowest BCUT2D eigenvalue weighted by atomic mass is 9.88. The van der Waals surface area contributed by atoms with Crippen molar-refractivity contribution in [3.05, 3.63) is 29.6 Å². The van der Waals surface area contributed by atoms with E-state index in [1.807, 2.05) is 0 Å². The maximum atomic E-state index is 13.5. The number of carbonyl (C=O) groups is 1. The van der Waals surface area contributed by atoms with E-state index in [0.29, 0.717) is 24.6 Å². The zero-order valence-corrected chi connectivity index (χ0v) is 11.4. The SMILES string of the molecule is COc1ccc(CC(=O)N2CC(O)(C3CC3)C2)cc1F. The summed E-state index contributed by atoms with van der Waals surface area (Å²) in [4.78, 5) is 13.7. The highest BCUT2D eigenvalue weighted by molar-refractivity contribution is 5.80. The van der Waals surface area contributed by atoms with Crippen LogP contribution in [-0.4, -0.2) is 41.7 Å². The number of halogens is 1. The summed E-state index contributed by atoms with van der Waals surface area (Å²) in [6, 6.07) is 4.53. The molecule has 3 rings (SSSR count). The average molecular weight is 279 g/mol. The lowest BCUT2D eigenvalue weighted by Crippen LogP contribution is -2.65. The largest absolute Gasteiger partial charge is 0.494 e. The molecule has 5 heteroatoms. The number of aliphatic hydroxyl groups is 1. The van der Waals surface area contributed by atoms with Gasteiger partial charge in [-0.15, -0.1) is 0 Å². The first-order valence-electron chi connectivity index (χ1n) is 6.84. The summed E-state index contributed by atoms with van der Waals surface area (Å²) in [7, 11) is 1.40. The van der Waals surface area contributed by atoms with Crippen LogP contribution in [0.5, 0.6) is 5.75 Å². The third-order valence-corrected chi connectivity index (χ3v) is 4.19. The number of amides is 1. The molecule has 2 fully saturated rings. The molecular weight excluding hydrogens is 261 g/mol. The van der Waals surface area contributed by atoms with Crippen molar-refractivity contribution in [3.8, 4) is 5.75 Å². The van der Waals surface area contributed by atoms with Crippen LogP contribution in [0, 0.1) is 11.7 Å². The van der Waals surface area contributed by atoms with E-state index < -0.39 is 11.4 Å². The maximum Gasteiger partial charge on any atom is 0.227 e. The average Bonchev–Trinajstić information content (AvgIpc) is 3.19. The van der Waals surface area contributed by atoms with E-state index in [2.05, 4.69) is 0 Å². The molecule has 1 aliphatic carbocycles. The Morgan fingerprint density at radius 3 is 2.75 bits per heavy atom. The molecule has 0 unspecified atom stereocenters. The second kappa shape index (κ2) is 4.74. The van der Waals surface area contributed by atoms with Gasteiger partial charge in [-0.1, -0.05) is 6.07 Å². The molecule has 0 spiro atoms. The molecule has 1 amide bonds. The third-order valence-electron chi connectivity index (χ3n) is 4.19. The fourth-order valence-corrected chi connectivity index (χ4v) is 2.78. The Hall–Kier alpha value is -1.62. The maximum absolute atomic E-state index is 13.5. The van der Waals surface area contributed by atoms with Crippen molar-refractivity contribution in [2.45, 2.75) is 24.9 Å². The van der Waals surface area contributed by atoms with Crippen molar-refractivity contribution < 1.29 is 19.0 Å². The van der Waals surface area contributed by atoms with Crippen molar-refractivity contribution in [2.24, 2.45) is 5.92 Å². The summed E-state index contributed by atoms with van der Waals surface area (Å²) < 4.78 is 18.4. The zero-order valence-electron chi connectivity index (χ0n) is 11.4. The molecule has 0 atom stereocenters. The van der Waals surface area contributed by atoms with Gasteiger partial charge < -0.3 is 14.7 Å². The highest BCUT2D eigenvalue weighted by Gasteiger charge is 2.53. The minimum Gasteiger partial charge on any atom is -0.494 e. The molecule has 0 aromatic heterocycles. The Kier molecular flexibility index (Phi) is 3.17. The molecule has 1 aromatic rings. The summed E-state index contributed by atoms with van der Waals surface area (Å²) in [6.45, 7) is 0.824. The fraction of sp³-hybridized carbons (Fsp3) is 0.533. The van der Waals surface area contributed by atoms with E-state index in [1.54, 1.807) is 11.0 Å². The van der Waals surface area contributed by atoms with E-state index in [1.165, 1.54) is 19.2 Å². The summed E-state index contributed by atoms with van der Waals surface area (Å²) in [6.07, 6.45) is 2.27. The van der Waals surface area contributed by atoms with Crippen LogP contribution in [0.4, 0.5) is 4.39 Å². The molecule has 0 bridgehead atoms. The van der Waals surface area contributed by atoms with Crippen molar-refractivity contribution in [3.63, 3.8) is 0 Å². The van der Waals surface area contributed by atoms with Crippen LogP contribution in [0.2, 0.25) is 0 Å². The van der Waals surface area contributed by atoms with Gasteiger partial charge in [-0.05, 0) is 36.5 Å². The molecular formula is C15H18FNO3. The van der Waals surface area contributed by atoms with Crippen LogP contribution in [0.15, 0.2) is 18.2 Å². The highest BCUT2D eigenvalue weighted by Crippen LogP contribution is 2.44. The summed E-state index contributed by atoms with van der Waals surface area (Å²) in [5.41, 5.74) is -0.0453. The number of methoxy groups -OCH3 is 1. The van der Waals surface area contributed by atoms with Crippen LogP contribution in [0.1, 0.15) is 18.4 Å². The summed E-state index contributed by atoms with van der Waals surface area (Å²) in [5.74, 6) is 0.00836. The van der Waals surface area contributed by atoms with Gasteiger partial charge in [-0.3, -0.25) is 4.79 Å². The van der Waals surface area contributed by atoms with Gasteiger partial charge in [0.05, 0.1) is 26.6 Å². The first-order chi connectivity index (χ1) is 9.51. The van der Waals surface area contributed by atoms with Crippen LogP contribution in [0.25, 0.3) is 0 Å². The molecule has 1 aliphatic heterocycles. The van der Waals surface area contributed by atoms with Crippen molar-refractivity contribution in [1.29, 1.82) is 0 Å². The monoisotopic (exact) mass is 279 g/mol. The Bertz CT molecular complexity index is 536. The molecule has 4 nitrogen and oxygen atoms in total. The molecule has 1 saturated carbocycles. The Balaban J connectivity index is 1.58. The van der Waals surface area contributed by atoms with Crippen molar-refractivity contribution in [2.75, 3.05) is 20.2 Å². The molecule has 1 saturated heterocycles. The molecule has 1 heterocycles. The summed E-state index contributed by atoms with van der Waals surface area (Å²) >= 11 is 0. The van der Waals surface area contributed by atoms with Crippen molar-refractivity contribution in [1.82, 2.24) is 4.90 Å². The van der Waals surface area contributed by atoms with Gasteiger partial charge in [0, 0.05) is 0 Å². The van der Waals surface area contributed by atoms with Crippen LogP contribution < -0.4 is 4.74 Å². The van der Waals surface area contributed by atoms with Gasteiger partial charge in [0.2, 0.25) is 5.91 Å². The summed E-state index contributed by atoms with van der Waals surface area (Å²) in [5, 5.41) is 10.2. The number of rotatable bonds is 4. The number of hydrogen-bond donors (Lipinski definition) is 1. The lowest BCUT2D eigenvalue weighted by molar-refractivity contribution is -0.158. The van der Waals surface area contributed by atoms with E-state index >= 15 is 0 Å². The van der Waals surface area contributed by atoms with E-state index in [4.69, 9.17) is 4.74 Å². The Labute approximate surface area is 117 Å². The molecule has 0 radical (unpaired) electrons. The van der Waals surface area contributed by atoms with Crippen LogP contribution >= 0.6 is 0 Å². The first-order valence-corrected chi connectivity index (χ1v) is 6.84. The molecule has 1 N–H and O–H groups in total. The number of β-amino-alcohol motifs (C(OH)–C–C–N with tert-alkyl or cyclic N) is 1. The smallest absolute Gasteiger partial charge is 0.227 e. The standard InChI is InChI=1S/C15H18FNO3/c1-20-13-5-2-10(6-12(13)16)7-14(18)17-8-15(19,9-17)11-3-4-11/h2,5-6,11,19H,3-4,7-9H2,1H3. The predicted octanol–water partition coefficient (Wildman–Crippen LogP) is 1.36. The zero-order chi connectivity index (χ0) is 14.3. The van der Waals surface area contributed by atoms with E-state index in [-0.39, 0.29) is 18.1 Å². The topological polar surface area (TPSA) is 49.8 Å². The number of benzene rings is 1. The number of likely N-dealkylation sites (tertiary alicyclic amines) is 1. The molecule has 1 aromatic carbocycles. The van der Waals surface area contributed by atoms with Crippen molar-refractivity contribution >= 4 is 5.91 Å². The molecule has 108 valence electrons. The van der Waals surface area contributed by atoms with Crippen LogP contribution in [0.3, 0.4) is 0 Å². The molecule has 20 heavy (non-hydrogen) atoms. The second-order valence-corrected chi connectivity index (χ2v) is 5.77. The van der Waals surface area contributed by atoms with Gasteiger partial charge in [-0.25, -0.2) is 4.39 Å².